The lowest BCUT2D eigenvalue weighted by Crippen LogP contribution is -2.47. The molecule has 0 aliphatic rings. The van der Waals surface area contributed by atoms with Crippen molar-refractivity contribution >= 4 is 7.92 Å². The number of rotatable bonds is 21. The van der Waals surface area contributed by atoms with Crippen LogP contribution in [0.2, 0.25) is 0 Å². The first kappa shape index (κ1) is 31.4. The summed E-state index contributed by atoms with van der Waals surface area (Å²) in [5.41, 5.74) is 0. The summed E-state index contributed by atoms with van der Waals surface area (Å²) in [6.45, 7) is 22.5. The first-order valence-electron chi connectivity index (χ1n) is 14.7. The van der Waals surface area contributed by atoms with Crippen molar-refractivity contribution in [3.05, 3.63) is 0 Å². The summed E-state index contributed by atoms with van der Waals surface area (Å²) in [5.74, 6) is 0. The fourth-order valence-corrected chi connectivity index (χ4v) is 12.8. The molecule has 0 aliphatic heterocycles. The second kappa shape index (κ2) is 17.0. The Hall–Kier alpha value is 0.430. The highest BCUT2D eigenvalue weighted by molar-refractivity contribution is 7.62. The minimum atomic E-state index is -0.0542. The molecule has 0 aromatic carbocycles. The monoisotopic (exact) mass is 454 g/mol. The average Bonchev–Trinajstić information content (AvgIpc) is 2.81. The Labute approximate surface area is 201 Å². The summed E-state index contributed by atoms with van der Waals surface area (Å²) in [6, 6.07) is 0. The first-order valence-corrected chi connectivity index (χ1v) is 16.1. The SMILES string of the molecule is CCCCCC(CC)(CC)P(C(CC)(CC)CCCCC)C(CC)(CC)CCCCC. The Kier molecular flexibility index (Phi) is 17.2. The van der Waals surface area contributed by atoms with E-state index in [4.69, 9.17) is 0 Å². The second-order valence-electron chi connectivity index (χ2n) is 10.5. The van der Waals surface area contributed by atoms with Crippen molar-refractivity contribution in [2.24, 2.45) is 0 Å². The van der Waals surface area contributed by atoms with Crippen LogP contribution in [0.25, 0.3) is 0 Å². The predicted octanol–water partition coefficient (Wildman–Crippen LogP) is 11.9. The summed E-state index contributed by atoms with van der Waals surface area (Å²) < 4.78 is 0. The van der Waals surface area contributed by atoms with E-state index in [9.17, 15) is 0 Å². The number of unbranched alkanes of at least 4 members (excludes halogenated alkanes) is 6. The van der Waals surface area contributed by atoms with E-state index >= 15 is 0 Å². The largest absolute Gasteiger partial charge is 0.0877 e. The zero-order chi connectivity index (χ0) is 23.8. The van der Waals surface area contributed by atoms with E-state index in [0.29, 0.717) is 15.5 Å². The van der Waals surface area contributed by atoms with Crippen molar-refractivity contribution in [2.75, 3.05) is 0 Å². The van der Waals surface area contributed by atoms with Crippen LogP contribution in [0.4, 0.5) is 0 Å². The van der Waals surface area contributed by atoms with Gasteiger partial charge in [0.05, 0.1) is 0 Å². The average molecular weight is 455 g/mol. The minimum absolute atomic E-state index is 0.0542. The smallest absolute Gasteiger partial charge is 0.00897 e. The topological polar surface area (TPSA) is 0 Å². The quantitative estimate of drug-likeness (QED) is 0.119. The molecular weight excluding hydrogens is 391 g/mol. The van der Waals surface area contributed by atoms with Gasteiger partial charge in [0.25, 0.3) is 0 Å². The molecule has 0 amide bonds. The van der Waals surface area contributed by atoms with Crippen LogP contribution in [0.5, 0.6) is 0 Å². The van der Waals surface area contributed by atoms with Crippen LogP contribution in [-0.2, 0) is 0 Å². The third-order valence-electron chi connectivity index (χ3n) is 9.11. The Balaban J connectivity index is 6.62. The normalized spacial score (nSPS) is 13.4. The molecule has 0 spiro atoms. The molecule has 0 aromatic rings. The highest BCUT2D eigenvalue weighted by Crippen LogP contribution is 2.76. The fraction of sp³-hybridized carbons (Fsp3) is 1.00. The lowest BCUT2D eigenvalue weighted by atomic mass is 9.92. The van der Waals surface area contributed by atoms with Gasteiger partial charge in [0.2, 0.25) is 0 Å². The Morgan fingerprint density at radius 2 is 0.581 bits per heavy atom. The van der Waals surface area contributed by atoms with Crippen LogP contribution >= 0.6 is 7.92 Å². The molecule has 0 radical (unpaired) electrons. The van der Waals surface area contributed by atoms with Crippen LogP contribution < -0.4 is 0 Å². The van der Waals surface area contributed by atoms with Gasteiger partial charge in [0.15, 0.2) is 0 Å². The van der Waals surface area contributed by atoms with Gasteiger partial charge in [-0.3, -0.25) is 0 Å². The molecule has 0 saturated heterocycles. The molecule has 31 heavy (non-hydrogen) atoms. The predicted molar refractivity (Wildman–Crippen MR) is 149 cm³/mol. The van der Waals surface area contributed by atoms with Gasteiger partial charge in [-0.1, -0.05) is 128 Å². The summed E-state index contributed by atoms with van der Waals surface area (Å²) in [4.78, 5) is 0. The first-order chi connectivity index (χ1) is 14.9. The molecular formula is C30H63P. The summed E-state index contributed by atoms with van der Waals surface area (Å²) in [7, 11) is -0.0542. The van der Waals surface area contributed by atoms with Gasteiger partial charge in [-0.25, -0.2) is 0 Å². The lowest BCUT2D eigenvalue weighted by Gasteiger charge is -2.60. The van der Waals surface area contributed by atoms with Crippen LogP contribution in [0.15, 0.2) is 0 Å². The van der Waals surface area contributed by atoms with Crippen molar-refractivity contribution in [3.8, 4) is 0 Å². The maximum atomic E-state index is 2.56. The van der Waals surface area contributed by atoms with Crippen LogP contribution in [0, 0.1) is 0 Å². The Bertz CT molecular complexity index is 339. The molecule has 0 heterocycles. The van der Waals surface area contributed by atoms with Crippen molar-refractivity contribution in [2.45, 2.75) is 193 Å². The fourth-order valence-electron chi connectivity index (χ4n) is 6.72. The third-order valence-corrected chi connectivity index (χ3v) is 14.5. The standard InChI is InChI=1S/C30H63P/c1-10-19-22-25-28(13-4,14-5)31(29(15-6,16-7)26-23-20-11-2)30(17-8,18-9)27-24-21-12-3/h10-27H2,1-9H3. The maximum Gasteiger partial charge on any atom is -0.00897 e. The van der Waals surface area contributed by atoms with Crippen LogP contribution in [-0.4, -0.2) is 15.5 Å². The van der Waals surface area contributed by atoms with Gasteiger partial charge in [0.1, 0.15) is 0 Å². The molecule has 0 atom stereocenters. The van der Waals surface area contributed by atoms with E-state index in [1.807, 2.05) is 0 Å². The summed E-state index contributed by atoms with van der Waals surface area (Å²) >= 11 is 0. The van der Waals surface area contributed by atoms with E-state index in [1.54, 1.807) is 0 Å². The molecule has 0 rings (SSSR count). The second-order valence-corrected chi connectivity index (χ2v) is 14.0. The highest BCUT2D eigenvalue weighted by atomic mass is 31.1. The molecule has 0 bridgehead atoms. The molecule has 0 saturated carbocycles. The zero-order valence-corrected chi connectivity index (χ0v) is 24.6. The summed E-state index contributed by atoms with van der Waals surface area (Å²) in [5, 5.41) is 1.75. The van der Waals surface area contributed by atoms with Gasteiger partial charge in [-0.05, 0) is 73.3 Å². The van der Waals surface area contributed by atoms with Crippen LogP contribution in [0.1, 0.15) is 178 Å². The minimum Gasteiger partial charge on any atom is -0.0877 e. The molecule has 0 aliphatic carbocycles. The molecule has 0 nitrogen and oxygen atoms in total. The number of hydrogen-bond donors (Lipinski definition) is 0. The van der Waals surface area contributed by atoms with Gasteiger partial charge >= 0.3 is 0 Å². The van der Waals surface area contributed by atoms with E-state index in [2.05, 4.69) is 62.3 Å². The van der Waals surface area contributed by atoms with E-state index < -0.39 is 0 Å². The summed E-state index contributed by atoms with van der Waals surface area (Å²) in [6.07, 6.45) is 25.6. The third kappa shape index (κ3) is 8.30. The Morgan fingerprint density at radius 3 is 0.742 bits per heavy atom. The van der Waals surface area contributed by atoms with E-state index in [1.165, 1.54) is 116 Å². The molecule has 0 aromatic heterocycles. The van der Waals surface area contributed by atoms with Crippen LogP contribution in [0.3, 0.4) is 0 Å². The van der Waals surface area contributed by atoms with Crippen molar-refractivity contribution in [1.29, 1.82) is 0 Å². The molecule has 0 unspecified atom stereocenters. The van der Waals surface area contributed by atoms with Gasteiger partial charge < -0.3 is 0 Å². The van der Waals surface area contributed by atoms with Crippen molar-refractivity contribution in [1.82, 2.24) is 0 Å². The van der Waals surface area contributed by atoms with Gasteiger partial charge in [-0.2, -0.15) is 0 Å². The molecule has 0 fully saturated rings. The van der Waals surface area contributed by atoms with Gasteiger partial charge in [-0.15, -0.1) is 0 Å². The Morgan fingerprint density at radius 1 is 0.355 bits per heavy atom. The highest BCUT2D eigenvalue weighted by Gasteiger charge is 2.54. The van der Waals surface area contributed by atoms with E-state index in [-0.39, 0.29) is 7.92 Å². The molecule has 188 valence electrons. The molecule has 0 N–H and O–H groups in total. The van der Waals surface area contributed by atoms with Crippen molar-refractivity contribution in [3.63, 3.8) is 0 Å². The zero-order valence-electron chi connectivity index (χ0n) is 23.7. The molecule has 1 heteroatoms. The van der Waals surface area contributed by atoms with Gasteiger partial charge in [0, 0.05) is 0 Å². The number of hydrogen-bond acceptors (Lipinski definition) is 0. The van der Waals surface area contributed by atoms with E-state index in [0.717, 1.165) is 0 Å². The maximum absolute atomic E-state index is 2.56. The van der Waals surface area contributed by atoms with Crippen molar-refractivity contribution < 1.29 is 0 Å². The lowest BCUT2D eigenvalue weighted by molar-refractivity contribution is 0.377.